The minimum absolute atomic E-state index is 0.0716. The zero-order valence-electron chi connectivity index (χ0n) is 14.8. The largest absolute Gasteiger partial charge is 0.493 e. The first kappa shape index (κ1) is 17.1. The number of hydrogen-bond acceptors (Lipinski definition) is 4. The minimum atomic E-state index is -0.0716. The Kier molecular flexibility index (Phi) is 5.08. The van der Waals surface area contributed by atoms with Gasteiger partial charge < -0.3 is 9.47 Å². The summed E-state index contributed by atoms with van der Waals surface area (Å²) in [6.07, 6.45) is 4.75. The van der Waals surface area contributed by atoms with Crippen molar-refractivity contribution >= 4 is 5.84 Å². The number of ether oxygens (including phenoxy) is 2. The first-order chi connectivity index (χ1) is 10.9. The molecular weight excluding hydrogens is 290 g/mol. The highest BCUT2D eigenvalue weighted by Crippen LogP contribution is 2.31. The molecule has 5 nitrogen and oxygen atoms in total. The zero-order valence-corrected chi connectivity index (χ0v) is 14.8. The van der Waals surface area contributed by atoms with E-state index in [4.69, 9.17) is 14.5 Å². The molecule has 124 valence electrons. The van der Waals surface area contributed by atoms with Crippen molar-refractivity contribution < 1.29 is 9.47 Å². The van der Waals surface area contributed by atoms with Crippen LogP contribution in [0.5, 0.6) is 11.5 Å². The topological polar surface area (TPSA) is 48.6 Å². The van der Waals surface area contributed by atoms with Crippen LogP contribution >= 0.6 is 0 Å². The lowest BCUT2D eigenvalue weighted by atomic mass is 10.0. The number of rotatable bonds is 5. The second kappa shape index (κ2) is 6.86. The summed E-state index contributed by atoms with van der Waals surface area (Å²) in [5, 5.41) is 0. The summed E-state index contributed by atoms with van der Waals surface area (Å²) in [5.41, 5.74) is 1.77. The molecule has 1 heterocycles. The Morgan fingerprint density at radius 3 is 2.52 bits per heavy atom. The van der Waals surface area contributed by atoms with Gasteiger partial charge in [0.1, 0.15) is 12.2 Å². The van der Waals surface area contributed by atoms with E-state index in [2.05, 4.69) is 25.8 Å². The van der Waals surface area contributed by atoms with E-state index in [9.17, 15) is 0 Å². The molecule has 0 aliphatic carbocycles. The number of imidazole rings is 1. The SMILES string of the molecule is CCC(C)(C)N=C(C)n1cnc(-c2ccc(OC)c(OC)c2)c1. The molecule has 0 amide bonds. The Balaban J connectivity index is 2.33. The van der Waals surface area contributed by atoms with Gasteiger partial charge in [0.2, 0.25) is 0 Å². The highest BCUT2D eigenvalue weighted by atomic mass is 16.5. The molecule has 0 bridgehead atoms. The van der Waals surface area contributed by atoms with E-state index in [1.165, 1.54) is 0 Å². The van der Waals surface area contributed by atoms with Gasteiger partial charge in [-0.3, -0.25) is 9.56 Å². The van der Waals surface area contributed by atoms with Crippen LogP contribution in [0.4, 0.5) is 0 Å². The second-order valence-electron chi connectivity index (χ2n) is 6.06. The monoisotopic (exact) mass is 315 g/mol. The van der Waals surface area contributed by atoms with Crippen LogP contribution in [-0.2, 0) is 0 Å². The van der Waals surface area contributed by atoms with E-state index in [-0.39, 0.29) is 5.54 Å². The first-order valence-corrected chi connectivity index (χ1v) is 7.73. The molecule has 0 aliphatic rings. The lowest BCUT2D eigenvalue weighted by Gasteiger charge is -2.18. The van der Waals surface area contributed by atoms with Crippen molar-refractivity contribution in [1.29, 1.82) is 0 Å². The summed E-state index contributed by atoms with van der Waals surface area (Å²) in [6.45, 7) is 8.39. The maximum Gasteiger partial charge on any atom is 0.161 e. The highest BCUT2D eigenvalue weighted by molar-refractivity contribution is 5.83. The Morgan fingerprint density at radius 1 is 1.22 bits per heavy atom. The third kappa shape index (κ3) is 3.92. The van der Waals surface area contributed by atoms with Crippen LogP contribution in [0.1, 0.15) is 34.1 Å². The predicted octanol–water partition coefficient (Wildman–Crippen LogP) is 4.02. The fourth-order valence-electron chi connectivity index (χ4n) is 2.22. The van der Waals surface area contributed by atoms with Crippen molar-refractivity contribution in [1.82, 2.24) is 9.55 Å². The third-order valence-corrected chi connectivity index (χ3v) is 3.97. The molecule has 2 rings (SSSR count). The fraction of sp³-hybridized carbons (Fsp3) is 0.444. The maximum absolute atomic E-state index is 5.35. The molecule has 1 aromatic heterocycles. The van der Waals surface area contributed by atoms with Crippen LogP contribution in [0.3, 0.4) is 0 Å². The lowest BCUT2D eigenvalue weighted by Crippen LogP contribution is -2.19. The molecule has 0 N–H and O–H groups in total. The van der Waals surface area contributed by atoms with Crippen molar-refractivity contribution in [2.45, 2.75) is 39.7 Å². The van der Waals surface area contributed by atoms with E-state index in [0.717, 1.165) is 23.5 Å². The summed E-state index contributed by atoms with van der Waals surface area (Å²) in [7, 11) is 3.26. The molecule has 0 saturated carbocycles. The standard InChI is InChI=1S/C18H25N3O2/c1-7-18(3,4)20-13(2)21-11-15(19-12-21)14-8-9-16(22-5)17(10-14)23-6/h8-12H,7H2,1-6H3. The van der Waals surface area contributed by atoms with Crippen LogP contribution in [0.25, 0.3) is 11.3 Å². The molecule has 0 fully saturated rings. The molecule has 23 heavy (non-hydrogen) atoms. The van der Waals surface area contributed by atoms with E-state index in [0.29, 0.717) is 11.5 Å². The van der Waals surface area contributed by atoms with Crippen molar-refractivity contribution in [3.05, 3.63) is 30.7 Å². The van der Waals surface area contributed by atoms with Crippen LogP contribution in [0.2, 0.25) is 0 Å². The summed E-state index contributed by atoms with van der Waals surface area (Å²) in [5.74, 6) is 2.33. The predicted molar refractivity (Wildman–Crippen MR) is 93.6 cm³/mol. The number of nitrogens with zero attached hydrogens (tertiary/aromatic N) is 3. The summed E-state index contributed by atoms with van der Waals surface area (Å²) >= 11 is 0. The Bertz CT molecular complexity index is 702. The molecule has 0 radical (unpaired) electrons. The molecule has 2 aromatic rings. The van der Waals surface area contributed by atoms with Gasteiger partial charge in [-0.2, -0.15) is 0 Å². The van der Waals surface area contributed by atoms with Gasteiger partial charge >= 0.3 is 0 Å². The van der Waals surface area contributed by atoms with E-state index < -0.39 is 0 Å². The van der Waals surface area contributed by atoms with Gasteiger partial charge in [-0.25, -0.2) is 4.98 Å². The van der Waals surface area contributed by atoms with Crippen LogP contribution < -0.4 is 9.47 Å². The summed E-state index contributed by atoms with van der Waals surface area (Å²) in [6, 6.07) is 5.78. The fourth-order valence-corrected chi connectivity index (χ4v) is 2.22. The first-order valence-electron chi connectivity index (χ1n) is 7.73. The van der Waals surface area contributed by atoms with Crippen LogP contribution in [0.15, 0.2) is 35.7 Å². The lowest BCUT2D eigenvalue weighted by molar-refractivity contribution is 0.355. The van der Waals surface area contributed by atoms with Crippen molar-refractivity contribution in [3.8, 4) is 22.8 Å². The number of aromatic nitrogens is 2. The molecule has 0 spiro atoms. The summed E-state index contributed by atoms with van der Waals surface area (Å²) in [4.78, 5) is 9.24. The number of methoxy groups -OCH3 is 2. The molecular formula is C18H25N3O2. The molecule has 5 heteroatoms. The summed E-state index contributed by atoms with van der Waals surface area (Å²) < 4.78 is 12.6. The van der Waals surface area contributed by atoms with Crippen LogP contribution in [-0.4, -0.2) is 35.1 Å². The minimum Gasteiger partial charge on any atom is -0.493 e. The van der Waals surface area contributed by atoms with Gasteiger partial charge in [0.05, 0.1) is 25.5 Å². The van der Waals surface area contributed by atoms with Crippen molar-refractivity contribution in [2.75, 3.05) is 14.2 Å². The quantitative estimate of drug-likeness (QED) is 0.618. The number of benzene rings is 1. The second-order valence-corrected chi connectivity index (χ2v) is 6.06. The normalized spacial score (nSPS) is 12.3. The smallest absolute Gasteiger partial charge is 0.161 e. The molecule has 0 saturated heterocycles. The zero-order chi connectivity index (χ0) is 17.0. The number of aliphatic imine (C=N–C) groups is 1. The van der Waals surface area contributed by atoms with Gasteiger partial charge in [0, 0.05) is 11.8 Å². The number of hydrogen-bond donors (Lipinski definition) is 0. The average Bonchev–Trinajstić information content (AvgIpc) is 3.04. The highest BCUT2D eigenvalue weighted by Gasteiger charge is 2.14. The van der Waals surface area contributed by atoms with Crippen molar-refractivity contribution in [3.63, 3.8) is 0 Å². The van der Waals surface area contributed by atoms with Gasteiger partial charge in [-0.05, 0) is 45.4 Å². The van der Waals surface area contributed by atoms with Gasteiger partial charge in [0.15, 0.2) is 11.5 Å². The van der Waals surface area contributed by atoms with Crippen molar-refractivity contribution in [2.24, 2.45) is 4.99 Å². The molecule has 0 atom stereocenters. The molecule has 1 aromatic carbocycles. The van der Waals surface area contributed by atoms with Gasteiger partial charge in [-0.1, -0.05) is 6.92 Å². The molecule has 0 unspecified atom stereocenters. The van der Waals surface area contributed by atoms with Crippen LogP contribution in [0, 0.1) is 0 Å². The van der Waals surface area contributed by atoms with Gasteiger partial charge in [0.25, 0.3) is 0 Å². The van der Waals surface area contributed by atoms with Gasteiger partial charge in [-0.15, -0.1) is 0 Å². The average molecular weight is 315 g/mol. The van der Waals surface area contributed by atoms with E-state index >= 15 is 0 Å². The maximum atomic E-state index is 5.35. The van der Waals surface area contributed by atoms with E-state index in [1.54, 1.807) is 20.5 Å². The Hall–Kier alpha value is -2.30. The molecule has 0 aliphatic heterocycles. The van der Waals surface area contributed by atoms with E-state index in [1.807, 2.05) is 35.9 Å². The third-order valence-electron chi connectivity index (χ3n) is 3.97. The Morgan fingerprint density at radius 2 is 1.91 bits per heavy atom. The Labute approximate surface area is 138 Å².